The first-order chi connectivity index (χ1) is 11.9. The van der Waals surface area contributed by atoms with Crippen LogP contribution in [0, 0.1) is 5.92 Å². The van der Waals surface area contributed by atoms with Crippen LogP contribution in [0.4, 0.5) is 11.4 Å². The maximum Gasteiger partial charge on any atom is 0.0726 e. The van der Waals surface area contributed by atoms with E-state index < -0.39 is 0 Å². The summed E-state index contributed by atoms with van der Waals surface area (Å²) in [4.78, 5) is 2.42. The van der Waals surface area contributed by atoms with Crippen molar-refractivity contribution in [1.82, 2.24) is 0 Å². The van der Waals surface area contributed by atoms with E-state index in [0.29, 0.717) is 5.92 Å². The first-order valence-electron chi connectivity index (χ1n) is 9.67. The number of anilines is 2. The van der Waals surface area contributed by atoms with Gasteiger partial charge in [-0.1, -0.05) is 6.92 Å². The van der Waals surface area contributed by atoms with Gasteiger partial charge in [0.05, 0.1) is 12.2 Å². The molecule has 3 N–H and O–H groups in total. The van der Waals surface area contributed by atoms with Gasteiger partial charge >= 0.3 is 0 Å². The van der Waals surface area contributed by atoms with Gasteiger partial charge in [-0.25, -0.2) is 0 Å². The van der Waals surface area contributed by atoms with Gasteiger partial charge in [0.2, 0.25) is 0 Å². The van der Waals surface area contributed by atoms with Crippen LogP contribution in [0.15, 0.2) is 35.5 Å². The van der Waals surface area contributed by atoms with Crippen LogP contribution in [0.5, 0.6) is 0 Å². The van der Waals surface area contributed by atoms with Crippen LogP contribution >= 0.6 is 0 Å². The van der Waals surface area contributed by atoms with E-state index in [1.165, 1.54) is 23.5 Å². The Bertz CT molecular complexity index is 658. The number of rotatable bonds is 3. The molecule has 1 aromatic rings. The molecule has 1 heterocycles. The Morgan fingerprint density at radius 3 is 2.44 bits per heavy atom. The van der Waals surface area contributed by atoms with E-state index in [-0.39, 0.29) is 17.7 Å². The Morgan fingerprint density at radius 1 is 1.08 bits per heavy atom. The summed E-state index contributed by atoms with van der Waals surface area (Å²) in [5.74, 6) is 0.709. The Labute approximate surface area is 151 Å². The van der Waals surface area contributed by atoms with Crippen molar-refractivity contribution < 1.29 is 4.74 Å². The third kappa shape index (κ3) is 3.56. The number of morpholine rings is 1. The van der Waals surface area contributed by atoms with Crippen LogP contribution in [0.1, 0.15) is 46.5 Å². The second kappa shape index (κ2) is 6.33. The number of fused-ring (bicyclic) bond motifs is 2. The molecule has 0 spiro atoms. The molecule has 4 rings (SSSR count). The Morgan fingerprint density at radius 2 is 1.76 bits per heavy atom. The highest BCUT2D eigenvalue weighted by Gasteiger charge is 2.40. The highest BCUT2D eigenvalue weighted by Crippen LogP contribution is 2.45. The SMILES string of the molecule is CC1CC2=C(Nc3ccc(N4CC(C)OC(C)C4)cc3)CC(N)(C2)C1. The van der Waals surface area contributed by atoms with Crippen molar-refractivity contribution in [3.05, 3.63) is 35.5 Å². The summed E-state index contributed by atoms with van der Waals surface area (Å²) < 4.78 is 5.84. The molecule has 0 amide bonds. The van der Waals surface area contributed by atoms with Gasteiger partial charge < -0.3 is 20.7 Å². The molecular formula is C21H31N3O. The van der Waals surface area contributed by atoms with Crippen LogP contribution < -0.4 is 16.0 Å². The monoisotopic (exact) mass is 341 g/mol. The molecule has 4 nitrogen and oxygen atoms in total. The van der Waals surface area contributed by atoms with E-state index >= 15 is 0 Å². The Hall–Kier alpha value is -1.52. The number of nitrogens with one attached hydrogen (secondary N) is 1. The second-order valence-electron chi connectivity index (χ2n) is 8.65. The summed E-state index contributed by atoms with van der Waals surface area (Å²) in [5.41, 5.74) is 11.9. The molecule has 1 saturated carbocycles. The maximum absolute atomic E-state index is 6.58. The first kappa shape index (κ1) is 16.9. The van der Waals surface area contributed by atoms with Gasteiger partial charge in [0, 0.05) is 42.1 Å². The van der Waals surface area contributed by atoms with E-state index in [0.717, 1.165) is 32.4 Å². The van der Waals surface area contributed by atoms with E-state index in [1.807, 2.05) is 0 Å². The Balaban J connectivity index is 1.45. The van der Waals surface area contributed by atoms with Crippen LogP contribution in [0.3, 0.4) is 0 Å². The van der Waals surface area contributed by atoms with Gasteiger partial charge in [-0.3, -0.25) is 0 Å². The smallest absolute Gasteiger partial charge is 0.0726 e. The van der Waals surface area contributed by atoms with Crippen molar-refractivity contribution in [2.24, 2.45) is 11.7 Å². The molecule has 2 aliphatic carbocycles. The van der Waals surface area contributed by atoms with Crippen molar-refractivity contribution in [1.29, 1.82) is 0 Å². The van der Waals surface area contributed by atoms with Crippen molar-refractivity contribution in [3.8, 4) is 0 Å². The van der Waals surface area contributed by atoms with Crippen LogP contribution in [-0.2, 0) is 4.74 Å². The highest BCUT2D eigenvalue weighted by molar-refractivity contribution is 5.58. The molecule has 25 heavy (non-hydrogen) atoms. The minimum absolute atomic E-state index is 0.00461. The summed E-state index contributed by atoms with van der Waals surface area (Å²) in [7, 11) is 0. The molecule has 3 aliphatic rings. The molecule has 1 aromatic carbocycles. The average Bonchev–Trinajstić information content (AvgIpc) is 2.75. The average molecular weight is 341 g/mol. The second-order valence-corrected chi connectivity index (χ2v) is 8.65. The molecule has 0 radical (unpaired) electrons. The lowest BCUT2D eigenvalue weighted by molar-refractivity contribution is -0.00521. The van der Waals surface area contributed by atoms with Gasteiger partial charge in [0.1, 0.15) is 0 Å². The molecule has 136 valence electrons. The van der Waals surface area contributed by atoms with Crippen molar-refractivity contribution in [2.45, 2.75) is 64.2 Å². The number of nitrogens with zero attached hydrogens (tertiary/aromatic N) is 1. The predicted octanol–water partition coefficient (Wildman–Crippen LogP) is 3.89. The lowest BCUT2D eigenvalue weighted by atomic mass is 9.78. The first-order valence-corrected chi connectivity index (χ1v) is 9.67. The number of hydrogen-bond acceptors (Lipinski definition) is 4. The van der Waals surface area contributed by atoms with E-state index in [2.05, 4.69) is 55.3 Å². The quantitative estimate of drug-likeness (QED) is 0.876. The molecule has 0 aromatic heterocycles. The number of ether oxygens (including phenoxy) is 1. The normalized spacial score (nSPS) is 35.2. The predicted molar refractivity (Wildman–Crippen MR) is 104 cm³/mol. The third-order valence-electron chi connectivity index (χ3n) is 5.82. The van der Waals surface area contributed by atoms with E-state index in [4.69, 9.17) is 10.5 Å². The number of nitrogens with two attached hydrogens (primary N) is 1. The van der Waals surface area contributed by atoms with Gasteiger partial charge in [-0.2, -0.15) is 0 Å². The van der Waals surface area contributed by atoms with Gasteiger partial charge in [-0.05, 0) is 68.9 Å². The fourth-order valence-electron chi connectivity index (χ4n) is 5.05. The fraction of sp³-hybridized carbons (Fsp3) is 0.619. The molecule has 2 bridgehead atoms. The molecule has 1 saturated heterocycles. The van der Waals surface area contributed by atoms with Gasteiger partial charge in [0.25, 0.3) is 0 Å². The van der Waals surface area contributed by atoms with Crippen molar-refractivity contribution in [3.63, 3.8) is 0 Å². The summed E-state index contributed by atoms with van der Waals surface area (Å²) in [6.07, 6.45) is 4.98. The minimum atomic E-state index is -0.00461. The topological polar surface area (TPSA) is 50.5 Å². The zero-order chi connectivity index (χ0) is 17.6. The van der Waals surface area contributed by atoms with Crippen LogP contribution in [0.25, 0.3) is 0 Å². The molecule has 4 unspecified atom stereocenters. The third-order valence-corrected chi connectivity index (χ3v) is 5.82. The molecular weight excluding hydrogens is 310 g/mol. The summed E-state index contributed by atoms with van der Waals surface area (Å²) >= 11 is 0. The van der Waals surface area contributed by atoms with Crippen LogP contribution in [0.2, 0.25) is 0 Å². The zero-order valence-electron chi connectivity index (χ0n) is 15.7. The van der Waals surface area contributed by atoms with Crippen molar-refractivity contribution in [2.75, 3.05) is 23.3 Å². The summed E-state index contributed by atoms with van der Waals surface area (Å²) in [5, 5.41) is 3.66. The molecule has 4 atom stereocenters. The fourth-order valence-corrected chi connectivity index (χ4v) is 5.05. The Kier molecular flexibility index (Phi) is 4.28. The lowest BCUT2D eigenvalue weighted by Gasteiger charge is -2.36. The van der Waals surface area contributed by atoms with Crippen LogP contribution in [-0.4, -0.2) is 30.8 Å². The minimum Gasteiger partial charge on any atom is -0.372 e. The van der Waals surface area contributed by atoms with Gasteiger partial charge in [0.15, 0.2) is 0 Å². The zero-order valence-corrected chi connectivity index (χ0v) is 15.7. The maximum atomic E-state index is 6.58. The van der Waals surface area contributed by atoms with Crippen molar-refractivity contribution >= 4 is 11.4 Å². The standard InChI is InChI=1S/C21H31N3O/c1-14-8-17-10-21(22,9-14)11-20(17)23-18-4-6-19(7-5-18)24-12-15(2)25-16(3)13-24/h4-7,14-16,23H,8-13,22H2,1-3H3. The number of hydrogen-bond donors (Lipinski definition) is 2. The van der Waals surface area contributed by atoms with Gasteiger partial charge in [-0.15, -0.1) is 0 Å². The van der Waals surface area contributed by atoms with E-state index in [1.54, 1.807) is 5.57 Å². The molecule has 1 aliphatic heterocycles. The molecule has 4 heteroatoms. The highest BCUT2D eigenvalue weighted by atomic mass is 16.5. The summed E-state index contributed by atoms with van der Waals surface area (Å²) in [6.45, 7) is 8.53. The summed E-state index contributed by atoms with van der Waals surface area (Å²) in [6, 6.07) is 8.84. The lowest BCUT2D eigenvalue weighted by Crippen LogP contribution is -2.45. The molecule has 2 fully saturated rings. The van der Waals surface area contributed by atoms with E-state index in [9.17, 15) is 0 Å². The number of benzene rings is 1. The largest absolute Gasteiger partial charge is 0.372 e.